The van der Waals surface area contributed by atoms with Gasteiger partial charge in [0, 0.05) is 0 Å². The highest BCUT2D eigenvalue weighted by atomic mass is 32.9. The Morgan fingerprint density at radius 3 is 2.53 bits per heavy atom. The van der Waals surface area contributed by atoms with Gasteiger partial charge in [0.2, 0.25) is 5.69 Å². The van der Waals surface area contributed by atoms with Crippen LogP contribution in [0.5, 0.6) is 0 Å². The van der Waals surface area contributed by atoms with Crippen LogP contribution in [0.3, 0.4) is 0 Å². The lowest BCUT2D eigenvalue weighted by Gasteiger charge is -2.19. The first-order valence-corrected chi connectivity index (χ1v) is 9.20. The lowest BCUT2D eigenvalue weighted by Crippen LogP contribution is -2.26. The number of aromatic nitrogens is 3. The number of nitrogens with zero attached hydrogens (tertiary/aromatic N) is 2. The van der Waals surface area contributed by atoms with Crippen molar-refractivity contribution in [3.05, 3.63) is 16.3 Å². The zero-order valence-electron chi connectivity index (χ0n) is 9.58. The molecule has 0 saturated heterocycles. The van der Waals surface area contributed by atoms with Crippen molar-refractivity contribution in [2.75, 3.05) is 19.1 Å². The second-order valence-corrected chi connectivity index (χ2v) is 9.18. The summed E-state index contributed by atoms with van der Waals surface area (Å²) in [5.74, 6) is 6.25. The largest absolute Gasteiger partial charge is 0.361 e. The van der Waals surface area contributed by atoms with Crippen LogP contribution in [0.2, 0.25) is 0 Å². The minimum absolute atomic E-state index is 0.368. The van der Waals surface area contributed by atoms with Crippen LogP contribution >= 0.6 is 17.1 Å². The second-order valence-electron chi connectivity index (χ2n) is 2.87. The smallest absolute Gasteiger partial charge is 0.333 e. The summed E-state index contributed by atoms with van der Waals surface area (Å²) < 4.78 is 11.8. The van der Waals surface area contributed by atoms with E-state index < -0.39 is 11.4 Å². The summed E-state index contributed by atoms with van der Waals surface area (Å²) in [6.07, 6.45) is 0. The van der Waals surface area contributed by atoms with Gasteiger partial charge in [0.1, 0.15) is 0 Å². The normalized spacial score (nSPS) is 11.9. The summed E-state index contributed by atoms with van der Waals surface area (Å²) in [4.78, 5) is 11.0. The fraction of sp³-hybridized carbons (Fsp3) is 0.714. The van der Waals surface area contributed by atoms with Crippen molar-refractivity contribution in [3.63, 3.8) is 0 Å². The number of hydrogen-bond donors (Lipinski definition) is 2. The van der Waals surface area contributed by atoms with Gasteiger partial charge in [-0.1, -0.05) is 11.4 Å². The number of nitrogens with two attached hydrogens (primary N) is 1. The molecule has 1 rings (SSSR count). The molecule has 1 aromatic rings. The molecule has 1 heterocycles. The van der Waals surface area contributed by atoms with Gasteiger partial charge in [-0.2, -0.15) is 9.77 Å². The molecule has 0 atom stereocenters. The molecule has 0 aliphatic carbocycles. The second kappa shape index (κ2) is 6.55. The van der Waals surface area contributed by atoms with Crippen molar-refractivity contribution in [2.45, 2.75) is 19.6 Å². The number of H-pyrrole nitrogens is 1. The molecule has 0 radical (unpaired) electrons. The molecule has 0 aliphatic rings. The van der Waals surface area contributed by atoms with Crippen LogP contribution in [-0.2, 0) is 26.6 Å². The Hall–Kier alpha value is -0.340. The van der Waals surface area contributed by atoms with Gasteiger partial charge < -0.3 is 14.9 Å². The van der Waals surface area contributed by atoms with Gasteiger partial charge in [0.15, 0.2) is 5.82 Å². The maximum Gasteiger partial charge on any atom is 0.361 e. The minimum atomic E-state index is -2.37. The predicted octanol–water partition coefficient (Wildman–Crippen LogP) is 0.816. The zero-order valence-corrected chi connectivity index (χ0v) is 12.1. The highest BCUT2D eigenvalue weighted by Crippen LogP contribution is 2.61. The SMILES string of the molecule is CCOP(=S)(OCC)SCc1n[nH]c(=O)n1N. The van der Waals surface area contributed by atoms with Crippen molar-refractivity contribution in [3.8, 4) is 0 Å². The summed E-state index contributed by atoms with van der Waals surface area (Å²) >= 11 is 6.63. The summed E-state index contributed by atoms with van der Waals surface area (Å²) in [5.41, 5.74) is -2.83. The molecule has 0 spiro atoms. The third-order valence-electron chi connectivity index (χ3n) is 1.70. The van der Waals surface area contributed by atoms with E-state index in [1.165, 1.54) is 11.4 Å². The molecular formula is C7H15N4O3PS2. The Bertz CT molecular complexity index is 450. The Balaban J connectivity index is 2.67. The van der Waals surface area contributed by atoms with Crippen molar-refractivity contribution in [1.29, 1.82) is 0 Å². The van der Waals surface area contributed by atoms with Crippen molar-refractivity contribution in [1.82, 2.24) is 14.9 Å². The summed E-state index contributed by atoms with van der Waals surface area (Å²) in [5, 5.41) is 6.03. The van der Waals surface area contributed by atoms with Gasteiger partial charge in [-0.3, -0.25) is 0 Å². The molecular weight excluding hydrogens is 283 g/mol. The third kappa shape index (κ3) is 4.11. The van der Waals surface area contributed by atoms with E-state index in [0.29, 0.717) is 24.8 Å². The monoisotopic (exact) mass is 298 g/mol. The van der Waals surface area contributed by atoms with Crippen LogP contribution in [-0.4, -0.2) is 28.1 Å². The van der Waals surface area contributed by atoms with Gasteiger partial charge in [-0.25, -0.2) is 9.89 Å². The van der Waals surface area contributed by atoms with Crippen molar-refractivity contribution < 1.29 is 9.05 Å². The van der Waals surface area contributed by atoms with Crippen LogP contribution in [0.4, 0.5) is 0 Å². The number of aromatic amines is 1. The number of nitrogen functional groups attached to an aromatic ring is 1. The average molecular weight is 298 g/mol. The fourth-order valence-electron chi connectivity index (χ4n) is 1.00. The quantitative estimate of drug-likeness (QED) is 0.568. The number of hydrogen-bond acceptors (Lipinski definition) is 7. The molecule has 1 aromatic heterocycles. The van der Waals surface area contributed by atoms with Gasteiger partial charge in [0.05, 0.1) is 19.0 Å². The maximum absolute atomic E-state index is 11.0. The minimum Gasteiger partial charge on any atom is -0.333 e. The van der Waals surface area contributed by atoms with Gasteiger partial charge >= 0.3 is 5.69 Å². The van der Waals surface area contributed by atoms with E-state index in [4.69, 9.17) is 26.7 Å². The van der Waals surface area contributed by atoms with Gasteiger partial charge in [0.25, 0.3) is 0 Å². The Morgan fingerprint density at radius 2 is 2.12 bits per heavy atom. The van der Waals surface area contributed by atoms with Crippen molar-refractivity contribution in [2.24, 2.45) is 0 Å². The molecule has 0 fully saturated rings. The molecule has 7 nitrogen and oxygen atoms in total. The molecule has 0 aromatic carbocycles. The Labute approximate surface area is 108 Å². The molecule has 0 bridgehead atoms. The number of nitrogens with one attached hydrogen (secondary N) is 1. The van der Waals surface area contributed by atoms with E-state index in [9.17, 15) is 4.79 Å². The lowest BCUT2D eigenvalue weighted by atomic mass is 10.7. The van der Waals surface area contributed by atoms with E-state index >= 15 is 0 Å². The van der Waals surface area contributed by atoms with Crippen LogP contribution in [0.1, 0.15) is 19.7 Å². The van der Waals surface area contributed by atoms with E-state index in [1.54, 1.807) is 0 Å². The molecule has 0 amide bonds. The molecule has 3 N–H and O–H groups in total. The van der Waals surface area contributed by atoms with Gasteiger partial charge in [-0.15, -0.1) is 0 Å². The van der Waals surface area contributed by atoms with Crippen LogP contribution in [0, 0.1) is 0 Å². The van der Waals surface area contributed by atoms with Crippen LogP contribution in [0.15, 0.2) is 4.79 Å². The number of rotatable bonds is 7. The fourth-order valence-corrected chi connectivity index (χ4v) is 5.34. The molecule has 17 heavy (non-hydrogen) atoms. The topological polar surface area (TPSA) is 95.2 Å². The Morgan fingerprint density at radius 1 is 1.53 bits per heavy atom. The first-order valence-electron chi connectivity index (χ1n) is 4.97. The lowest BCUT2D eigenvalue weighted by molar-refractivity contribution is 0.280. The van der Waals surface area contributed by atoms with Crippen LogP contribution in [0.25, 0.3) is 0 Å². The molecule has 0 aliphatic heterocycles. The van der Waals surface area contributed by atoms with Crippen LogP contribution < -0.4 is 11.5 Å². The van der Waals surface area contributed by atoms with E-state index in [2.05, 4.69) is 10.2 Å². The summed E-state index contributed by atoms with van der Waals surface area (Å²) in [6, 6.07) is 0. The highest BCUT2D eigenvalue weighted by Gasteiger charge is 2.20. The van der Waals surface area contributed by atoms with E-state index in [-0.39, 0.29) is 0 Å². The summed E-state index contributed by atoms with van der Waals surface area (Å²) in [6.45, 7) is 4.68. The molecule has 98 valence electrons. The van der Waals surface area contributed by atoms with Gasteiger partial charge in [-0.05, 0) is 25.7 Å². The summed E-state index contributed by atoms with van der Waals surface area (Å²) in [7, 11) is 0. The zero-order chi connectivity index (χ0) is 12.9. The Kier molecular flexibility index (Phi) is 5.68. The molecule has 0 saturated carbocycles. The highest BCUT2D eigenvalue weighted by molar-refractivity contribution is 8.67. The standard InChI is InChI=1S/C7H15N4O3PS2/c1-3-13-15(16,14-4-2)17-5-6-9-10-7(12)11(6)8/h3-5,8H2,1-2H3,(H,10,12). The van der Waals surface area contributed by atoms with Crippen molar-refractivity contribution >= 4 is 28.9 Å². The maximum atomic E-state index is 11.0. The predicted molar refractivity (Wildman–Crippen MR) is 71.8 cm³/mol. The third-order valence-corrected chi connectivity index (χ3v) is 7.11. The van der Waals surface area contributed by atoms with E-state index in [0.717, 1.165) is 4.68 Å². The first-order chi connectivity index (χ1) is 8.02. The first kappa shape index (κ1) is 14.7. The average Bonchev–Trinajstić information content (AvgIpc) is 2.58. The molecule has 0 unspecified atom stereocenters. The molecule has 10 heteroatoms. The van der Waals surface area contributed by atoms with E-state index in [1.807, 2.05) is 13.8 Å².